The zero-order valence-electron chi connectivity index (χ0n) is 18.2. The topological polar surface area (TPSA) is 100 Å². The lowest BCUT2D eigenvalue weighted by Gasteiger charge is -2.35. The third-order valence-corrected chi connectivity index (χ3v) is 8.23. The molecular weight excluding hydrogens is 454 g/mol. The molecule has 1 fully saturated rings. The number of imidazole rings is 1. The van der Waals surface area contributed by atoms with Gasteiger partial charge in [-0.1, -0.05) is 11.6 Å². The number of benzene rings is 1. The molecule has 3 aromatic rings. The van der Waals surface area contributed by atoms with Gasteiger partial charge in [0.15, 0.2) is 0 Å². The highest BCUT2D eigenvalue weighted by Gasteiger charge is 2.29. The fourth-order valence-corrected chi connectivity index (χ4v) is 5.27. The summed E-state index contributed by atoms with van der Waals surface area (Å²) in [7, 11) is -1.73. The molecule has 0 unspecified atom stereocenters. The average Bonchev–Trinajstić information content (AvgIpc) is 3.22. The fourth-order valence-electron chi connectivity index (χ4n) is 3.76. The Morgan fingerprint density at radius 3 is 2.53 bits per heavy atom. The number of hydrogen-bond donors (Lipinski definition) is 1. The second kappa shape index (κ2) is 8.86. The first kappa shape index (κ1) is 22.8. The molecule has 0 aliphatic carbocycles. The van der Waals surface area contributed by atoms with Crippen molar-refractivity contribution in [3.05, 3.63) is 41.2 Å². The van der Waals surface area contributed by atoms with Crippen LogP contribution in [0.1, 0.15) is 19.4 Å². The predicted octanol–water partition coefficient (Wildman–Crippen LogP) is 2.41. The largest absolute Gasteiger partial charge is 0.495 e. The maximum Gasteiger partial charge on any atom is 0.236 e. The Bertz CT molecular complexity index is 1240. The van der Waals surface area contributed by atoms with Crippen molar-refractivity contribution in [3.63, 3.8) is 0 Å². The second-order valence-corrected chi connectivity index (χ2v) is 10.8. The predicted molar refractivity (Wildman–Crippen MR) is 124 cm³/mol. The van der Waals surface area contributed by atoms with Gasteiger partial charge in [-0.3, -0.25) is 4.40 Å². The lowest BCUT2D eigenvalue weighted by molar-refractivity contribution is 0.281. The molecule has 1 aromatic carbocycles. The van der Waals surface area contributed by atoms with E-state index < -0.39 is 15.3 Å². The molecule has 1 aliphatic heterocycles. The summed E-state index contributed by atoms with van der Waals surface area (Å²) < 4.78 is 33.4. The van der Waals surface area contributed by atoms with E-state index in [1.807, 2.05) is 18.5 Å². The molecule has 0 radical (unpaired) electrons. The van der Waals surface area contributed by atoms with Gasteiger partial charge in [0.25, 0.3) is 0 Å². The Labute approximate surface area is 192 Å². The van der Waals surface area contributed by atoms with E-state index in [4.69, 9.17) is 16.3 Å². The van der Waals surface area contributed by atoms with E-state index in [0.717, 1.165) is 5.82 Å². The monoisotopic (exact) mass is 479 g/mol. The smallest absolute Gasteiger partial charge is 0.236 e. The van der Waals surface area contributed by atoms with E-state index in [2.05, 4.69) is 14.9 Å². The lowest BCUT2D eigenvalue weighted by atomic mass is 10.1. The van der Waals surface area contributed by atoms with Crippen molar-refractivity contribution in [2.45, 2.75) is 25.7 Å². The molecule has 3 heterocycles. The zero-order valence-corrected chi connectivity index (χ0v) is 19.8. The maximum atomic E-state index is 12.4. The van der Waals surface area contributed by atoms with Crippen molar-refractivity contribution in [2.24, 2.45) is 0 Å². The number of halogens is 1. The lowest BCUT2D eigenvalue weighted by Crippen LogP contribution is -2.50. The summed E-state index contributed by atoms with van der Waals surface area (Å²) in [6.45, 7) is 5.20. The first-order chi connectivity index (χ1) is 15.2. The van der Waals surface area contributed by atoms with Gasteiger partial charge < -0.3 is 14.7 Å². The Morgan fingerprint density at radius 1 is 1.19 bits per heavy atom. The fraction of sp³-hybridized carbons (Fsp3) is 0.429. The van der Waals surface area contributed by atoms with E-state index in [0.29, 0.717) is 59.5 Å². The van der Waals surface area contributed by atoms with Crippen molar-refractivity contribution in [3.8, 4) is 17.0 Å². The van der Waals surface area contributed by atoms with Crippen molar-refractivity contribution >= 4 is 33.2 Å². The van der Waals surface area contributed by atoms with Gasteiger partial charge in [-0.05, 0) is 37.6 Å². The number of aromatic nitrogens is 3. The number of fused-ring (bicyclic) bond motifs is 1. The Kier molecular flexibility index (Phi) is 6.30. The maximum absolute atomic E-state index is 12.4. The highest BCUT2D eigenvalue weighted by molar-refractivity contribution is 7.89. The Balaban J connectivity index is 1.59. The van der Waals surface area contributed by atoms with Crippen LogP contribution in [0, 0.1) is 0 Å². The summed E-state index contributed by atoms with van der Waals surface area (Å²) in [4.78, 5) is 11.4. The molecule has 172 valence electrons. The molecule has 11 heteroatoms. The van der Waals surface area contributed by atoms with Crippen LogP contribution in [0.15, 0.2) is 30.6 Å². The van der Waals surface area contributed by atoms with E-state index in [-0.39, 0.29) is 6.61 Å². The Hall–Kier alpha value is -2.40. The molecule has 0 saturated carbocycles. The third kappa shape index (κ3) is 4.15. The summed E-state index contributed by atoms with van der Waals surface area (Å²) in [6.07, 6.45) is 3.70. The normalized spacial score (nSPS) is 15.6. The van der Waals surface area contributed by atoms with Gasteiger partial charge in [-0.2, -0.15) is 9.29 Å². The summed E-state index contributed by atoms with van der Waals surface area (Å²) >= 11 is 6.29. The molecule has 4 rings (SSSR count). The van der Waals surface area contributed by atoms with Gasteiger partial charge >= 0.3 is 0 Å². The van der Waals surface area contributed by atoms with Crippen LogP contribution >= 0.6 is 11.6 Å². The molecule has 0 spiro atoms. The number of methoxy groups -OCH3 is 1. The first-order valence-electron chi connectivity index (χ1n) is 10.3. The number of aliphatic hydroxyl groups excluding tert-OH is 1. The summed E-state index contributed by atoms with van der Waals surface area (Å²) in [5, 5.41) is 9.79. The molecule has 1 aliphatic rings. The van der Waals surface area contributed by atoms with Crippen LogP contribution in [0.4, 0.5) is 5.82 Å². The van der Waals surface area contributed by atoms with Crippen LogP contribution < -0.4 is 9.64 Å². The van der Waals surface area contributed by atoms with E-state index in [1.165, 1.54) is 7.11 Å². The molecule has 0 bridgehead atoms. The molecule has 0 amide bonds. The number of piperazine rings is 1. The van der Waals surface area contributed by atoms with Crippen LogP contribution in [0.5, 0.6) is 5.75 Å². The minimum Gasteiger partial charge on any atom is -0.495 e. The summed E-state index contributed by atoms with van der Waals surface area (Å²) in [5.74, 6) is 1.74. The van der Waals surface area contributed by atoms with Crippen molar-refractivity contribution in [1.29, 1.82) is 0 Å². The number of rotatable bonds is 6. The van der Waals surface area contributed by atoms with E-state index in [9.17, 15) is 13.5 Å². The van der Waals surface area contributed by atoms with Gasteiger partial charge in [0.05, 0.1) is 29.7 Å². The third-order valence-electron chi connectivity index (χ3n) is 5.65. The summed E-state index contributed by atoms with van der Waals surface area (Å²) in [5.41, 5.74) is 1.99. The van der Waals surface area contributed by atoms with Gasteiger partial charge in [0, 0.05) is 44.1 Å². The highest BCUT2D eigenvalue weighted by atomic mass is 35.5. The number of aliphatic hydroxyl groups is 1. The van der Waals surface area contributed by atoms with Crippen LogP contribution in [-0.2, 0) is 16.6 Å². The average molecular weight is 480 g/mol. The molecule has 2 aromatic heterocycles. The standard InChI is InChI=1S/C21H26ClN5O4S/c1-14(2)32(29,30)27-8-6-25(7-9-27)20-4-5-26-12-18(23-21(26)24-20)16-11-17(22)19(31-3)10-15(16)13-28/h4-5,10-12,14,28H,6-9,13H2,1-3H3. The molecule has 0 atom stereocenters. The van der Waals surface area contributed by atoms with Gasteiger partial charge in [0.1, 0.15) is 11.6 Å². The number of nitrogens with zero attached hydrogens (tertiary/aromatic N) is 5. The molecule has 1 N–H and O–H groups in total. The van der Waals surface area contributed by atoms with Gasteiger partial charge in [-0.25, -0.2) is 13.4 Å². The van der Waals surface area contributed by atoms with E-state index in [1.54, 1.807) is 34.7 Å². The molecule has 9 nitrogen and oxygen atoms in total. The SMILES string of the molecule is COc1cc(CO)c(-c2cn3ccc(N4CCN(S(=O)(=O)C(C)C)CC4)nc3n2)cc1Cl. The molecule has 1 saturated heterocycles. The van der Waals surface area contributed by atoms with Crippen LogP contribution in [0.25, 0.3) is 17.0 Å². The van der Waals surface area contributed by atoms with Crippen LogP contribution in [0.2, 0.25) is 5.02 Å². The number of ether oxygens (including phenoxy) is 1. The number of hydrogen-bond acceptors (Lipinski definition) is 7. The van der Waals surface area contributed by atoms with Gasteiger partial charge in [-0.15, -0.1) is 0 Å². The van der Waals surface area contributed by atoms with Crippen molar-refractivity contribution in [1.82, 2.24) is 18.7 Å². The second-order valence-electron chi connectivity index (χ2n) is 7.90. The summed E-state index contributed by atoms with van der Waals surface area (Å²) in [6, 6.07) is 5.31. The molecular formula is C21H26ClN5O4S. The Morgan fingerprint density at radius 2 is 1.91 bits per heavy atom. The minimum absolute atomic E-state index is 0.182. The van der Waals surface area contributed by atoms with E-state index >= 15 is 0 Å². The van der Waals surface area contributed by atoms with Gasteiger partial charge in [0.2, 0.25) is 15.8 Å². The van der Waals surface area contributed by atoms with Crippen molar-refractivity contribution < 1.29 is 18.3 Å². The highest BCUT2D eigenvalue weighted by Crippen LogP contribution is 2.33. The first-order valence-corrected chi connectivity index (χ1v) is 12.2. The van der Waals surface area contributed by atoms with Crippen LogP contribution in [0.3, 0.4) is 0 Å². The number of anilines is 1. The minimum atomic E-state index is -3.25. The van der Waals surface area contributed by atoms with Crippen LogP contribution in [-0.4, -0.2) is 70.7 Å². The van der Waals surface area contributed by atoms with Crippen molar-refractivity contribution in [2.75, 3.05) is 38.2 Å². The number of sulfonamides is 1. The quantitative estimate of drug-likeness (QED) is 0.579. The molecule has 32 heavy (non-hydrogen) atoms. The zero-order chi connectivity index (χ0) is 23.0.